The van der Waals surface area contributed by atoms with Crippen LogP contribution < -0.4 is 10.1 Å². The van der Waals surface area contributed by atoms with Gasteiger partial charge in [0.25, 0.3) is 5.91 Å². The van der Waals surface area contributed by atoms with E-state index in [0.717, 1.165) is 18.4 Å². The molecule has 0 aliphatic rings. The van der Waals surface area contributed by atoms with Crippen LogP contribution in [-0.4, -0.2) is 17.7 Å². The van der Waals surface area contributed by atoms with E-state index in [1.54, 1.807) is 24.3 Å². The SMILES string of the molecule is CCCCOc1cccc(C(=O)Nc2cc(-c3ccccc3)no2)c1. The van der Waals surface area contributed by atoms with E-state index in [9.17, 15) is 4.79 Å². The Morgan fingerprint density at radius 3 is 2.76 bits per heavy atom. The van der Waals surface area contributed by atoms with Crippen LogP contribution >= 0.6 is 0 Å². The molecule has 0 unspecified atom stereocenters. The van der Waals surface area contributed by atoms with Crippen molar-refractivity contribution < 1.29 is 14.1 Å². The minimum atomic E-state index is -0.267. The smallest absolute Gasteiger partial charge is 0.258 e. The van der Waals surface area contributed by atoms with Gasteiger partial charge in [-0.3, -0.25) is 10.1 Å². The number of unbranched alkanes of at least 4 members (excludes halogenated alkanes) is 1. The first-order valence-electron chi connectivity index (χ1n) is 8.32. The van der Waals surface area contributed by atoms with Gasteiger partial charge >= 0.3 is 0 Å². The van der Waals surface area contributed by atoms with Crippen LogP contribution in [0, 0.1) is 0 Å². The van der Waals surface area contributed by atoms with E-state index in [1.807, 2.05) is 36.4 Å². The monoisotopic (exact) mass is 336 g/mol. The van der Waals surface area contributed by atoms with Gasteiger partial charge in [-0.25, -0.2) is 0 Å². The highest BCUT2D eigenvalue weighted by Crippen LogP contribution is 2.22. The molecule has 3 aromatic rings. The Labute approximate surface area is 146 Å². The standard InChI is InChI=1S/C20H20N2O3/c1-2-3-12-24-17-11-7-10-16(13-17)20(23)21-19-14-18(22-25-19)15-8-5-4-6-9-15/h4-11,13-14H,2-3,12H2,1H3,(H,21,23). The fraction of sp³-hybridized carbons (Fsp3) is 0.200. The molecule has 0 atom stereocenters. The second kappa shape index (κ2) is 8.15. The molecule has 1 N–H and O–H groups in total. The van der Waals surface area contributed by atoms with Crippen molar-refractivity contribution in [2.75, 3.05) is 11.9 Å². The molecule has 1 heterocycles. The Bertz CT molecular complexity index is 828. The zero-order valence-electron chi connectivity index (χ0n) is 14.1. The number of anilines is 1. The van der Waals surface area contributed by atoms with E-state index in [-0.39, 0.29) is 5.91 Å². The van der Waals surface area contributed by atoms with Crippen molar-refractivity contribution >= 4 is 11.8 Å². The number of benzene rings is 2. The predicted molar refractivity (Wildman–Crippen MR) is 96.7 cm³/mol. The van der Waals surface area contributed by atoms with Gasteiger partial charge in [-0.2, -0.15) is 0 Å². The molecule has 128 valence electrons. The van der Waals surface area contributed by atoms with Crippen molar-refractivity contribution in [2.24, 2.45) is 0 Å². The molecule has 5 heteroatoms. The summed E-state index contributed by atoms with van der Waals surface area (Å²) < 4.78 is 10.8. The fourth-order valence-corrected chi connectivity index (χ4v) is 2.32. The number of hydrogen-bond acceptors (Lipinski definition) is 4. The predicted octanol–water partition coefficient (Wildman–Crippen LogP) is 4.77. The van der Waals surface area contributed by atoms with Crippen molar-refractivity contribution in [3.8, 4) is 17.0 Å². The Morgan fingerprint density at radius 2 is 1.96 bits per heavy atom. The highest BCUT2D eigenvalue weighted by Gasteiger charge is 2.12. The number of rotatable bonds is 7. The molecule has 5 nitrogen and oxygen atoms in total. The zero-order valence-corrected chi connectivity index (χ0v) is 14.1. The number of hydrogen-bond donors (Lipinski definition) is 1. The summed E-state index contributed by atoms with van der Waals surface area (Å²) in [6, 6.07) is 18.4. The molecule has 0 aliphatic heterocycles. The fourth-order valence-electron chi connectivity index (χ4n) is 2.32. The molecule has 2 aromatic carbocycles. The average molecular weight is 336 g/mol. The first kappa shape index (κ1) is 16.8. The van der Waals surface area contributed by atoms with Crippen LogP contribution in [-0.2, 0) is 0 Å². The summed E-state index contributed by atoms with van der Waals surface area (Å²) in [6.07, 6.45) is 2.05. The van der Waals surface area contributed by atoms with Crippen LogP contribution in [0.2, 0.25) is 0 Å². The van der Waals surface area contributed by atoms with Gasteiger partial charge in [0.1, 0.15) is 11.4 Å². The van der Waals surface area contributed by atoms with Crippen molar-refractivity contribution in [1.29, 1.82) is 0 Å². The largest absolute Gasteiger partial charge is 0.494 e. The van der Waals surface area contributed by atoms with Gasteiger partial charge in [-0.05, 0) is 24.6 Å². The molecule has 25 heavy (non-hydrogen) atoms. The first-order valence-corrected chi connectivity index (χ1v) is 8.32. The molecule has 0 bridgehead atoms. The molecule has 0 fully saturated rings. The van der Waals surface area contributed by atoms with E-state index in [4.69, 9.17) is 9.26 Å². The number of amides is 1. The third-order valence-electron chi connectivity index (χ3n) is 3.68. The van der Waals surface area contributed by atoms with E-state index in [1.165, 1.54) is 0 Å². The Hall–Kier alpha value is -3.08. The highest BCUT2D eigenvalue weighted by molar-refractivity contribution is 6.03. The maximum Gasteiger partial charge on any atom is 0.258 e. The summed E-state index contributed by atoms with van der Waals surface area (Å²) in [6.45, 7) is 2.75. The van der Waals surface area contributed by atoms with Crippen LogP contribution in [0.15, 0.2) is 65.2 Å². The lowest BCUT2D eigenvalue weighted by atomic mass is 10.1. The van der Waals surface area contributed by atoms with Gasteiger partial charge in [0, 0.05) is 17.2 Å². The normalized spacial score (nSPS) is 10.4. The van der Waals surface area contributed by atoms with Crippen LogP contribution in [0.5, 0.6) is 5.75 Å². The molecule has 0 spiro atoms. The molecule has 3 rings (SSSR count). The van der Waals surface area contributed by atoms with Crippen LogP contribution in [0.1, 0.15) is 30.1 Å². The van der Waals surface area contributed by atoms with Crippen LogP contribution in [0.4, 0.5) is 5.88 Å². The number of carbonyl (C=O) groups is 1. The van der Waals surface area contributed by atoms with Gasteiger partial charge in [0.2, 0.25) is 5.88 Å². The summed E-state index contributed by atoms with van der Waals surface area (Å²) in [7, 11) is 0. The lowest BCUT2D eigenvalue weighted by Gasteiger charge is -2.07. The van der Waals surface area contributed by atoms with Crippen molar-refractivity contribution in [1.82, 2.24) is 5.16 Å². The maximum absolute atomic E-state index is 12.4. The molecular formula is C20H20N2O3. The minimum Gasteiger partial charge on any atom is -0.494 e. The number of ether oxygens (including phenoxy) is 1. The first-order chi connectivity index (χ1) is 12.3. The quantitative estimate of drug-likeness (QED) is 0.631. The molecule has 0 radical (unpaired) electrons. The summed E-state index contributed by atoms with van der Waals surface area (Å²) in [5, 5.41) is 6.71. The average Bonchev–Trinajstić information content (AvgIpc) is 3.11. The highest BCUT2D eigenvalue weighted by atomic mass is 16.5. The second-order valence-electron chi connectivity index (χ2n) is 5.63. The van der Waals surface area contributed by atoms with E-state index in [0.29, 0.717) is 29.5 Å². The molecule has 1 aromatic heterocycles. The Balaban J connectivity index is 1.66. The van der Waals surface area contributed by atoms with Crippen molar-refractivity contribution in [2.45, 2.75) is 19.8 Å². The lowest BCUT2D eigenvalue weighted by Crippen LogP contribution is -2.11. The van der Waals surface area contributed by atoms with E-state index in [2.05, 4.69) is 17.4 Å². The molecular weight excluding hydrogens is 316 g/mol. The third-order valence-corrected chi connectivity index (χ3v) is 3.68. The minimum absolute atomic E-state index is 0.267. The summed E-state index contributed by atoms with van der Waals surface area (Å²) in [5.74, 6) is 0.724. The number of aromatic nitrogens is 1. The number of nitrogens with zero attached hydrogens (tertiary/aromatic N) is 1. The van der Waals surface area contributed by atoms with Gasteiger partial charge in [0.05, 0.1) is 6.61 Å². The molecule has 0 saturated carbocycles. The Kier molecular flexibility index (Phi) is 5.46. The van der Waals surface area contributed by atoms with Gasteiger partial charge in [-0.1, -0.05) is 54.9 Å². The van der Waals surface area contributed by atoms with Crippen LogP contribution in [0.25, 0.3) is 11.3 Å². The lowest BCUT2D eigenvalue weighted by molar-refractivity contribution is 0.102. The van der Waals surface area contributed by atoms with E-state index < -0.39 is 0 Å². The summed E-state index contributed by atoms with van der Waals surface area (Å²) >= 11 is 0. The second-order valence-corrected chi connectivity index (χ2v) is 5.63. The summed E-state index contributed by atoms with van der Waals surface area (Å²) in [4.78, 5) is 12.4. The van der Waals surface area contributed by atoms with Crippen molar-refractivity contribution in [3.63, 3.8) is 0 Å². The van der Waals surface area contributed by atoms with Gasteiger partial charge < -0.3 is 9.26 Å². The Morgan fingerprint density at radius 1 is 1.12 bits per heavy atom. The number of carbonyl (C=O) groups excluding carboxylic acids is 1. The number of nitrogens with one attached hydrogen (secondary N) is 1. The van der Waals surface area contributed by atoms with Gasteiger partial charge in [-0.15, -0.1) is 0 Å². The maximum atomic E-state index is 12.4. The molecule has 0 aliphatic carbocycles. The van der Waals surface area contributed by atoms with Crippen molar-refractivity contribution in [3.05, 3.63) is 66.2 Å². The third kappa shape index (κ3) is 4.47. The summed E-state index contributed by atoms with van der Waals surface area (Å²) in [5.41, 5.74) is 2.11. The molecule has 1 amide bonds. The van der Waals surface area contributed by atoms with Crippen LogP contribution in [0.3, 0.4) is 0 Å². The topological polar surface area (TPSA) is 64.4 Å². The van der Waals surface area contributed by atoms with E-state index >= 15 is 0 Å². The molecule has 0 saturated heterocycles. The zero-order chi connectivity index (χ0) is 17.5. The van der Waals surface area contributed by atoms with Gasteiger partial charge in [0.15, 0.2) is 0 Å².